The van der Waals surface area contributed by atoms with Crippen LogP contribution in [0.2, 0.25) is 0 Å². The molecule has 1 unspecified atom stereocenters. The summed E-state index contributed by atoms with van der Waals surface area (Å²) in [7, 11) is 0. The first-order chi connectivity index (χ1) is 8.89. The maximum absolute atomic E-state index is 6.03. The highest BCUT2D eigenvalue weighted by Crippen LogP contribution is 2.38. The lowest BCUT2D eigenvalue weighted by molar-refractivity contribution is -0.185. The third-order valence-corrected chi connectivity index (χ3v) is 4.20. The van der Waals surface area contributed by atoms with E-state index in [0.717, 1.165) is 39.1 Å². The topological polar surface area (TPSA) is 27.7 Å². The van der Waals surface area contributed by atoms with E-state index in [1.807, 2.05) is 0 Å². The number of rotatable bonds is 4. The average molecular weight is 270 g/mol. The Hall–Kier alpha value is -0.120. The lowest BCUT2D eigenvalue weighted by Gasteiger charge is -2.35. The molecular weight excluding hydrogens is 240 g/mol. The van der Waals surface area contributed by atoms with E-state index in [-0.39, 0.29) is 5.79 Å². The standard InChI is InChI=1S/C16H30O3/c1-13(11-15(2,3)4)17-12-14-5-7-16(8-6-14)18-9-10-19-16/h13-14H,5-12H2,1-4H3. The Morgan fingerprint density at radius 2 is 1.74 bits per heavy atom. The van der Waals surface area contributed by atoms with Gasteiger partial charge in [-0.15, -0.1) is 0 Å². The predicted molar refractivity (Wildman–Crippen MR) is 76.1 cm³/mol. The molecule has 2 rings (SSSR count). The quantitative estimate of drug-likeness (QED) is 0.778. The lowest BCUT2D eigenvalue weighted by atomic mass is 9.85. The molecule has 112 valence electrons. The van der Waals surface area contributed by atoms with Gasteiger partial charge in [-0.05, 0) is 37.5 Å². The van der Waals surface area contributed by atoms with E-state index in [1.54, 1.807) is 0 Å². The molecule has 1 saturated carbocycles. The monoisotopic (exact) mass is 270 g/mol. The summed E-state index contributed by atoms with van der Waals surface area (Å²) in [5, 5.41) is 0. The fourth-order valence-corrected chi connectivity index (χ4v) is 3.29. The first kappa shape index (κ1) is 15.3. The van der Waals surface area contributed by atoms with Gasteiger partial charge in [-0.25, -0.2) is 0 Å². The Balaban J connectivity index is 1.65. The molecule has 1 spiro atoms. The lowest BCUT2D eigenvalue weighted by Crippen LogP contribution is -2.36. The summed E-state index contributed by atoms with van der Waals surface area (Å²) in [6.07, 6.45) is 5.89. The van der Waals surface area contributed by atoms with Gasteiger partial charge < -0.3 is 14.2 Å². The molecular formula is C16H30O3. The summed E-state index contributed by atoms with van der Waals surface area (Å²) < 4.78 is 17.5. The van der Waals surface area contributed by atoms with Gasteiger partial charge in [0.25, 0.3) is 0 Å². The summed E-state index contributed by atoms with van der Waals surface area (Å²) in [6.45, 7) is 11.4. The van der Waals surface area contributed by atoms with Gasteiger partial charge in [-0.2, -0.15) is 0 Å². The van der Waals surface area contributed by atoms with Crippen LogP contribution in [0, 0.1) is 11.3 Å². The second kappa shape index (κ2) is 6.11. The third-order valence-electron chi connectivity index (χ3n) is 4.20. The second-order valence-electron chi connectivity index (χ2n) is 7.46. The molecule has 1 aliphatic carbocycles. The average Bonchev–Trinajstić information content (AvgIpc) is 2.75. The van der Waals surface area contributed by atoms with Crippen molar-refractivity contribution in [1.82, 2.24) is 0 Å². The summed E-state index contributed by atoms with van der Waals surface area (Å²) in [5.41, 5.74) is 0.349. The van der Waals surface area contributed by atoms with Crippen LogP contribution in [-0.2, 0) is 14.2 Å². The van der Waals surface area contributed by atoms with E-state index in [4.69, 9.17) is 14.2 Å². The molecule has 1 heterocycles. The number of hydrogen-bond acceptors (Lipinski definition) is 3. The Morgan fingerprint density at radius 3 is 2.26 bits per heavy atom. The molecule has 0 aromatic heterocycles. The van der Waals surface area contributed by atoms with Crippen LogP contribution in [0.5, 0.6) is 0 Å². The molecule has 3 heteroatoms. The van der Waals surface area contributed by atoms with Crippen molar-refractivity contribution >= 4 is 0 Å². The summed E-state index contributed by atoms with van der Waals surface area (Å²) in [4.78, 5) is 0. The van der Waals surface area contributed by atoms with Crippen LogP contribution in [0.3, 0.4) is 0 Å². The molecule has 0 aromatic carbocycles. The van der Waals surface area contributed by atoms with Crippen molar-refractivity contribution in [3.05, 3.63) is 0 Å². The van der Waals surface area contributed by atoms with E-state index in [9.17, 15) is 0 Å². The van der Waals surface area contributed by atoms with E-state index in [1.165, 1.54) is 12.8 Å². The van der Waals surface area contributed by atoms with E-state index >= 15 is 0 Å². The largest absolute Gasteiger partial charge is 0.378 e. The van der Waals surface area contributed by atoms with E-state index in [0.29, 0.717) is 17.4 Å². The molecule has 1 atom stereocenters. The molecule has 1 saturated heterocycles. The molecule has 0 N–H and O–H groups in total. The van der Waals surface area contributed by atoms with Crippen LogP contribution in [0.4, 0.5) is 0 Å². The van der Waals surface area contributed by atoms with Gasteiger partial charge in [0, 0.05) is 19.4 Å². The van der Waals surface area contributed by atoms with Crippen molar-refractivity contribution in [2.75, 3.05) is 19.8 Å². The molecule has 19 heavy (non-hydrogen) atoms. The highest BCUT2D eigenvalue weighted by atomic mass is 16.7. The molecule has 1 aliphatic heterocycles. The van der Waals surface area contributed by atoms with E-state index < -0.39 is 0 Å². The van der Waals surface area contributed by atoms with Crippen molar-refractivity contribution in [3.63, 3.8) is 0 Å². The predicted octanol–water partition coefficient (Wildman–Crippen LogP) is 3.76. The summed E-state index contributed by atoms with van der Waals surface area (Å²) in [5.74, 6) is 0.453. The van der Waals surface area contributed by atoms with Crippen LogP contribution in [-0.4, -0.2) is 31.7 Å². The van der Waals surface area contributed by atoms with Crippen molar-refractivity contribution in [2.45, 2.75) is 71.7 Å². The number of ether oxygens (including phenoxy) is 3. The highest BCUT2D eigenvalue weighted by molar-refractivity contribution is 4.82. The zero-order valence-corrected chi connectivity index (χ0v) is 13.0. The van der Waals surface area contributed by atoms with Gasteiger partial charge in [0.05, 0.1) is 19.3 Å². The Kier molecular flexibility index (Phi) is 4.91. The van der Waals surface area contributed by atoms with Crippen LogP contribution in [0.25, 0.3) is 0 Å². The van der Waals surface area contributed by atoms with Gasteiger partial charge in [-0.1, -0.05) is 20.8 Å². The smallest absolute Gasteiger partial charge is 0.168 e. The molecule has 3 nitrogen and oxygen atoms in total. The fraction of sp³-hybridized carbons (Fsp3) is 1.00. The van der Waals surface area contributed by atoms with Gasteiger partial charge in [0.15, 0.2) is 5.79 Å². The molecule has 2 aliphatic rings. The minimum Gasteiger partial charge on any atom is -0.378 e. The zero-order valence-electron chi connectivity index (χ0n) is 13.0. The van der Waals surface area contributed by atoms with Crippen LogP contribution in [0.1, 0.15) is 59.8 Å². The fourth-order valence-electron chi connectivity index (χ4n) is 3.29. The number of hydrogen-bond donors (Lipinski definition) is 0. The van der Waals surface area contributed by atoms with Crippen LogP contribution in [0.15, 0.2) is 0 Å². The summed E-state index contributed by atoms with van der Waals surface area (Å²) >= 11 is 0. The normalized spacial score (nSPS) is 25.9. The Morgan fingerprint density at radius 1 is 1.16 bits per heavy atom. The van der Waals surface area contributed by atoms with Gasteiger partial charge in [0.2, 0.25) is 0 Å². The van der Waals surface area contributed by atoms with Crippen molar-refractivity contribution < 1.29 is 14.2 Å². The van der Waals surface area contributed by atoms with Crippen molar-refractivity contribution in [3.8, 4) is 0 Å². The molecule has 0 bridgehead atoms. The maximum atomic E-state index is 6.03. The van der Waals surface area contributed by atoms with Gasteiger partial charge >= 0.3 is 0 Å². The minimum absolute atomic E-state index is 0.229. The first-order valence-corrected chi connectivity index (χ1v) is 7.78. The van der Waals surface area contributed by atoms with E-state index in [2.05, 4.69) is 27.7 Å². The SMILES string of the molecule is CC(CC(C)(C)C)OCC1CCC2(CC1)OCCO2. The molecule has 0 radical (unpaired) electrons. The van der Waals surface area contributed by atoms with Gasteiger partial charge in [-0.3, -0.25) is 0 Å². The Bertz CT molecular complexity index is 266. The molecule has 0 amide bonds. The van der Waals surface area contributed by atoms with Crippen LogP contribution < -0.4 is 0 Å². The second-order valence-corrected chi connectivity index (χ2v) is 7.46. The molecule has 0 aromatic rings. The van der Waals surface area contributed by atoms with Crippen molar-refractivity contribution in [1.29, 1.82) is 0 Å². The Labute approximate surface area is 118 Å². The van der Waals surface area contributed by atoms with Crippen LogP contribution >= 0.6 is 0 Å². The summed E-state index contributed by atoms with van der Waals surface area (Å²) in [6, 6.07) is 0. The maximum Gasteiger partial charge on any atom is 0.168 e. The minimum atomic E-state index is -0.229. The zero-order chi connectivity index (χ0) is 13.9. The highest BCUT2D eigenvalue weighted by Gasteiger charge is 2.40. The molecule has 2 fully saturated rings. The first-order valence-electron chi connectivity index (χ1n) is 7.78. The van der Waals surface area contributed by atoms with Crippen molar-refractivity contribution in [2.24, 2.45) is 11.3 Å². The van der Waals surface area contributed by atoms with Gasteiger partial charge in [0.1, 0.15) is 0 Å². The third kappa shape index (κ3) is 4.73.